The van der Waals surface area contributed by atoms with E-state index in [1.54, 1.807) is 0 Å². The number of Topliss-reactive ketones (excluding diaryl/α,β-unsaturated/α-hetero) is 1. The van der Waals surface area contributed by atoms with Gasteiger partial charge in [0.2, 0.25) is 0 Å². The van der Waals surface area contributed by atoms with Crippen molar-refractivity contribution in [2.24, 2.45) is 11.3 Å². The molecule has 1 aromatic rings. The number of carbonyl (C=O) groups excluding carboxylic acids is 2. The molecule has 0 aliphatic heterocycles. The highest BCUT2D eigenvalue weighted by molar-refractivity contribution is 5.84. The highest BCUT2D eigenvalue weighted by atomic mass is 16.5. The molecule has 0 aliphatic rings. The molecular formula is C17H25NO3. The Hall–Kier alpha value is -1.84. The Labute approximate surface area is 126 Å². The minimum atomic E-state index is -0.560. The van der Waals surface area contributed by atoms with Crippen LogP contribution in [0.3, 0.4) is 0 Å². The standard InChI is InChI=1S/C17H25NO3/c1-13(17(2,3)4)10-15(19)11-18-16(20)21-12-14-8-6-5-7-9-14/h5-9,13H,10-12H2,1-4H3,(H,18,20). The molecule has 0 fully saturated rings. The zero-order valence-electron chi connectivity index (χ0n) is 13.3. The summed E-state index contributed by atoms with van der Waals surface area (Å²) in [6, 6.07) is 9.42. The Morgan fingerprint density at radius 2 is 1.81 bits per heavy atom. The SMILES string of the molecule is CC(CC(=O)CNC(=O)OCc1ccccc1)C(C)(C)C. The molecule has 0 saturated heterocycles. The minimum Gasteiger partial charge on any atom is -0.445 e. The maximum Gasteiger partial charge on any atom is 0.407 e. The summed E-state index contributed by atoms with van der Waals surface area (Å²) in [6.07, 6.45) is -0.0988. The van der Waals surface area contributed by atoms with E-state index in [1.165, 1.54) is 0 Å². The van der Waals surface area contributed by atoms with E-state index < -0.39 is 6.09 Å². The fourth-order valence-electron chi connectivity index (χ4n) is 1.66. The summed E-state index contributed by atoms with van der Waals surface area (Å²) in [5, 5.41) is 2.50. The van der Waals surface area contributed by atoms with Crippen molar-refractivity contribution in [3.8, 4) is 0 Å². The van der Waals surface area contributed by atoms with Crippen LogP contribution in [0.2, 0.25) is 0 Å². The monoisotopic (exact) mass is 291 g/mol. The number of hydrogen-bond acceptors (Lipinski definition) is 3. The summed E-state index contributed by atoms with van der Waals surface area (Å²) in [4.78, 5) is 23.3. The number of nitrogens with one attached hydrogen (secondary N) is 1. The van der Waals surface area contributed by atoms with Crippen molar-refractivity contribution in [3.63, 3.8) is 0 Å². The number of carbonyl (C=O) groups is 2. The smallest absolute Gasteiger partial charge is 0.407 e. The molecule has 0 aliphatic carbocycles. The maximum atomic E-state index is 11.8. The van der Waals surface area contributed by atoms with E-state index in [1.807, 2.05) is 37.3 Å². The highest BCUT2D eigenvalue weighted by Gasteiger charge is 2.22. The van der Waals surface area contributed by atoms with E-state index in [2.05, 4.69) is 26.1 Å². The van der Waals surface area contributed by atoms with Crippen LogP contribution >= 0.6 is 0 Å². The van der Waals surface area contributed by atoms with Gasteiger partial charge in [-0.2, -0.15) is 0 Å². The fourth-order valence-corrected chi connectivity index (χ4v) is 1.66. The molecule has 1 aromatic carbocycles. The van der Waals surface area contributed by atoms with Crippen LogP contribution < -0.4 is 5.32 Å². The topological polar surface area (TPSA) is 55.4 Å². The van der Waals surface area contributed by atoms with E-state index in [9.17, 15) is 9.59 Å². The van der Waals surface area contributed by atoms with Crippen molar-refractivity contribution in [1.29, 1.82) is 0 Å². The first kappa shape index (κ1) is 17.2. The normalized spacial score (nSPS) is 12.6. The third-order valence-electron chi connectivity index (χ3n) is 3.65. The molecule has 1 amide bonds. The zero-order valence-corrected chi connectivity index (χ0v) is 13.3. The second-order valence-electron chi connectivity index (χ2n) is 6.43. The number of ether oxygens (including phenoxy) is 1. The van der Waals surface area contributed by atoms with Gasteiger partial charge in [-0.05, 0) is 16.9 Å². The first-order valence-electron chi connectivity index (χ1n) is 7.25. The average Bonchev–Trinajstić information content (AvgIpc) is 2.43. The third-order valence-corrected chi connectivity index (χ3v) is 3.65. The Morgan fingerprint density at radius 3 is 2.38 bits per heavy atom. The van der Waals surface area contributed by atoms with Crippen molar-refractivity contribution in [1.82, 2.24) is 5.32 Å². The molecule has 0 aromatic heterocycles. The second kappa shape index (κ2) is 7.81. The second-order valence-corrected chi connectivity index (χ2v) is 6.43. The molecule has 0 heterocycles. The van der Waals surface area contributed by atoms with Gasteiger partial charge in [0.05, 0.1) is 6.54 Å². The van der Waals surface area contributed by atoms with Gasteiger partial charge in [0.1, 0.15) is 6.61 Å². The van der Waals surface area contributed by atoms with Crippen LogP contribution in [0.25, 0.3) is 0 Å². The fraction of sp³-hybridized carbons (Fsp3) is 0.529. The number of alkyl carbamates (subject to hydrolysis) is 1. The number of benzene rings is 1. The van der Waals surface area contributed by atoms with E-state index in [0.717, 1.165) is 5.56 Å². The number of hydrogen-bond donors (Lipinski definition) is 1. The minimum absolute atomic E-state index is 0.0219. The quantitative estimate of drug-likeness (QED) is 0.872. The van der Waals surface area contributed by atoms with E-state index in [0.29, 0.717) is 6.42 Å². The number of ketones is 1. The number of amides is 1. The lowest BCUT2D eigenvalue weighted by atomic mass is 9.79. The Kier molecular flexibility index (Phi) is 6.40. The van der Waals surface area contributed by atoms with Crippen LogP contribution in [0.5, 0.6) is 0 Å². The van der Waals surface area contributed by atoms with Gasteiger partial charge in [0.15, 0.2) is 5.78 Å². The van der Waals surface area contributed by atoms with Crippen LogP contribution in [-0.4, -0.2) is 18.4 Å². The van der Waals surface area contributed by atoms with Crippen molar-refractivity contribution < 1.29 is 14.3 Å². The van der Waals surface area contributed by atoms with Gasteiger partial charge in [-0.15, -0.1) is 0 Å². The van der Waals surface area contributed by atoms with Crippen LogP contribution in [-0.2, 0) is 16.1 Å². The molecule has 0 bridgehead atoms. The average molecular weight is 291 g/mol. The van der Waals surface area contributed by atoms with Crippen molar-refractivity contribution in [3.05, 3.63) is 35.9 Å². The molecule has 116 valence electrons. The molecule has 21 heavy (non-hydrogen) atoms. The molecule has 1 N–H and O–H groups in total. The van der Waals surface area contributed by atoms with Crippen LogP contribution in [0.4, 0.5) is 4.79 Å². The highest BCUT2D eigenvalue weighted by Crippen LogP contribution is 2.27. The summed E-state index contributed by atoms with van der Waals surface area (Å²) in [5.74, 6) is 0.293. The van der Waals surface area contributed by atoms with Crippen molar-refractivity contribution >= 4 is 11.9 Å². The predicted molar refractivity (Wildman–Crippen MR) is 82.9 cm³/mol. The molecule has 0 saturated carbocycles. The molecular weight excluding hydrogens is 266 g/mol. The summed E-state index contributed by atoms with van der Waals surface area (Å²) in [5.41, 5.74) is 1.00. The van der Waals surface area contributed by atoms with E-state index in [-0.39, 0.29) is 30.3 Å². The number of rotatable bonds is 6. The molecule has 0 radical (unpaired) electrons. The van der Waals surface area contributed by atoms with Crippen LogP contribution in [0.15, 0.2) is 30.3 Å². The molecule has 4 nitrogen and oxygen atoms in total. The lowest BCUT2D eigenvalue weighted by molar-refractivity contribution is -0.119. The molecule has 1 atom stereocenters. The lowest BCUT2D eigenvalue weighted by Crippen LogP contribution is -2.32. The van der Waals surface area contributed by atoms with E-state index >= 15 is 0 Å². The maximum absolute atomic E-state index is 11.8. The summed E-state index contributed by atoms with van der Waals surface area (Å²) < 4.78 is 5.05. The lowest BCUT2D eigenvalue weighted by Gasteiger charge is -2.26. The van der Waals surface area contributed by atoms with Gasteiger partial charge in [0, 0.05) is 6.42 Å². The van der Waals surface area contributed by atoms with E-state index in [4.69, 9.17) is 4.74 Å². The van der Waals surface area contributed by atoms with Gasteiger partial charge in [-0.25, -0.2) is 4.79 Å². The molecule has 1 unspecified atom stereocenters. The van der Waals surface area contributed by atoms with Crippen LogP contribution in [0, 0.1) is 11.3 Å². The first-order valence-corrected chi connectivity index (χ1v) is 7.25. The van der Waals surface area contributed by atoms with Crippen molar-refractivity contribution in [2.45, 2.75) is 40.7 Å². The Bertz CT molecular complexity index is 463. The summed E-state index contributed by atoms with van der Waals surface area (Å²) in [6.45, 7) is 8.59. The van der Waals surface area contributed by atoms with Gasteiger partial charge < -0.3 is 10.1 Å². The van der Waals surface area contributed by atoms with Gasteiger partial charge in [-0.3, -0.25) is 4.79 Å². The molecule has 0 spiro atoms. The molecule has 4 heteroatoms. The molecule has 1 rings (SSSR count). The summed E-state index contributed by atoms with van der Waals surface area (Å²) in [7, 11) is 0. The Morgan fingerprint density at radius 1 is 1.19 bits per heavy atom. The Balaban J connectivity index is 2.25. The van der Waals surface area contributed by atoms with Gasteiger partial charge in [-0.1, -0.05) is 58.0 Å². The van der Waals surface area contributed by atoms with Crippen molar-refractivity contribution in [2.75, 3.05) is 6.54 Å². The third kappa shape index (κ3) is 6.93. The first-order chi connectivity index (χ1) is 9.79. The summed E-state index contributed by atoms with van der Waals surface area (Å²) >= 11 is 0. The van der Waals surface area contributed by atoms with Gasteiger partial charge in [0.25, 0.3) is 0 Å². The largest absolute Gasteiger partial charge is 0.445 e. The zero-order chi connectivity index (χ0) is 15.9. The predicted octanol–water partition coefficient (Wildman–Crippen LogP) is 3.55. The van der Waals surface area contributed by atoms with Gasteiger partial charge >= 0.3 is 6.09 Å². The van der Waals surface area contributed by atoms with Crippen LogP contribution in [0.1, 0.15) is 39.7 Å².